The van der Waals surface area contributed by atoms with Crippen molar-refractivity contribution in [3.63, 3.8) is 0 Å². The highest BCUT2D eigenvalue weighted by atomic mass is 35.5. The molecule has 0 saturated heterocycles. The number of alkyl halides is 1. The highest BCUT2D eigenvalue weighted by molar-refractivity contribution is 6.18. The third kappa shape index (κ3) is 4.07. The molecule has 0 atom stereocenters. The summed E-state index contributed by atoms with van der Waals surface area (Å²) in [5.74, 6) is 0.674. The van der Waals surface area contributed by atoms with Crippen LogP contribution in [0.2, 0.25) is 0 Å². The van der Waals surface area contributed by atoms with E-state index in [-0.39, 0.29) is 5.41 Å². The minimum atomic E-state index is 0.157. The van der Waals surface area contributed by atoms with Gasteiger partial charge in [-0.25, -0.2) is 0 Å². The Bertz CT molecular complexity index is 259. The Kier molecular flexibility index (Phi) is 4.36. The van der Waals surface area contributed by atoms with Crippen LogP contribution in [0.5, 0.6) is 0 Å². The van der Waals surface area contributed by atoms with Crippen LogP contribution in [0, 0.1) is 5.41 Å². The van der Waals surface area contributed by atoms with E-state index in [9.17, 15) is 0 Å². The van der Waals surface area contributed by atoms with E-state index >= 15 is 0 Å². The van der Waals surface area contributed by atoms with Crippen molar-refractivity contribution in [2.75, 3.05) is 12.4 Å². The van der Waals surface area contributed by atoms with Crippen molar-refractivity contribution >= 4 is 11.6 Å². The Morgan fingerprint density at radius 1 is 1.50 bits per heavy atom. The van der Waals surface area contributed by atoms with Crippen LogP contribution in [0.15, 0.2) is 24.5 Å². The maximum Gasteiger partial charge on any atom is 0.0312 e. The number of hydrogen-bond acceptors (Lipinski definition) is 2. The van der Waals surface area contributed by atoms with E-state index < -0.39 is 0 Å². The summed E-state index contributed by atoms with van der Waals surface area (Å²) in [4.78, 5) is 4.05. The van der Waals surface area contributed by atoms with E-state index in [1.165, 1.54) is 5.56 Å². The topological polar surface area (TPSA) is 24.9 Å². The summed E-state index contributed by atoms with van der Waals surface area (Å²) in [5.41, 5.74) is 1.36. The standard InChI is InChI=1S/C11H17ClN2/c1-11(2,8-12)9-14-7-10-4-3-5-13-6-10/h3-6,14H,7-9H2,1-2H3. The fourth-order valence-corrected chi connectivity index (χ4v) is 1.19. The average molecular weight is 213 g/mol. The molecule has 78 valence electrons. The van der Waals surface area contributed by atoms with Gasteiger partial charge >= 0.3 is 0 Å². The second kappa shape index (κ2) is 5.32. The Labute approximate surface area is 90.7 Å². The van der Waals surface area contributed by atoms with E-state index in [0.717, 1.165) is 13.1 Å². The molecule has 0 amide bonds. The van der Waals surface area contributed by atoms with Crippen molar-refractivity contribution in [3.05, 3.63) is 30.1 Å². The number of rotatable bonds is 5. The molecule has 14 heavy (non-hydrogen) atoms. The van der Waals surface area contributed by atoms with Gasteiger partial charge in [0.15, 0.2) is 0 Å². The van der Waals surface area contributed by atoms with Gasteiger partial charge in [0.25, 0.3) is 0 Å². The summed E-state index contributed by atoms with van der Waals surface area (Å²) in [6, 6.07) is 4.01. The predicted octanol–water partition coefficient (Wildman–Crippen LogP) is 2.44. The van der Waals surface area contributed by atoms with Gasteiger partial charge in [-0.2, -0.15) is 0 Å². The monoisotopic (exact) mass is 212 g/mol. The minimum absolute atomic E-state index is 0.157. The van der Waals surface area contributed by atoms with Crippen molar-refractivity contribution < 1.29 is 0 Å². The lowest BCUT2D eigenvalue weighted by atomic mass is 9.96. The molecule has 0 aliphatic heterocycles. The number of hydrogen-bond donors (Lipinski definition) is 1. The smallest absolute Gasteiger partial charge is 0.0312 e. The molecular weight excluding hydrogens is 196 g/mol. The summed E-state index contributed by atoms with van der Waals surface area (Å²) >= 11 is 5.82. The first-order valence-electron chi connectivity index (χ1n) is 4.80. The van der Waals surface area contributed by atoms with Gasteiger partial charge in [0.1, 0.15) is 0 Å². The van der Waals surface area contributed by atoms with E-state index in [1.807, 2.05) is 12.3 Å². The first kappa shape index (κ1) is 11.5. The Morgan fingerprint density at radius 2 is 2.29 bits per heavy atom. The van der Waals surface area contributed by atoms with Crippen molar-refractivity contribution in [2.24, 2.45) is 5.41 Å². The van der Waals surface area contributed by atoms with Gasteiger partial charge in [-0.1, -0.05) is 19.9 Å². The number of nitrogens with one attached hydrogen (secondary N) is 1. The van der Waals surface area contributed by atoms with Crippen LogP contribution in [0.25, 0.3) is 0 Å². The molecule has 0 aromatic carbocycles. The highest BCUT2D eigenvalue weighted by Crippen LogP contribution is 2.15. The second-order valence-electron chi connectivity index (χ2n) is 4.26. The number of halogens is 1. The van der Waals surface area contributed by atoms with Gasteiger partial charge in [-0.3, -0.25) is 4.98 Å². The minimum Gasteiger partial charge on any atom is -0.312 e. The largest absolute Gasteiger partial charge is 0.312 e. The Balaban J connectivity index is 2.29. The molecule has 1 heterocycles. The lowest BCUT2D eigenvalue weighted by Crippen LogP contribution is -2.30. The summed E-state index contributed by atoms with van der Waals surface area (Å²) in [6.45, 7) is 6.08. The highest BCUT2D eigenvalue weighted by Gasteiger charge is 2.14. The van der Waals surface area contributed by atoms with Gasteiger partial charge in [0.2, 0.25) is 0 Å². The van der Waals surface area contributed by atoms with Crippen LogP contribution in [-0.4, -0.2) is 17.4 Å². The molecule has 2 nitrogen and oxygen atoms in total. The molecule has 0 aliphatic carbocycles. The van der Waals surface area contributed by atoms with Crippen molar-refractivity contribution in [1.29, 1.82) is 0 Å². The first-order chi connectivity index (χ1) is 6.64. The SMILES string of the molecule is CC(C)(CCl)CNCc1cccnc1. The number of pyridine rings is 1. The van der Waals surface area contributed by atoms with E-state index in [4.69, 9.17) is 11.6 Å². The second-order valence-corrected chi connectivity index (χ2v) is 4.53. The molecule has 0 bridgehead atoms. The molecule has 1 aromatic heterocycles. The average Bonchev–Trinajstić information content (AvgIpc) is 2.19. The van der Waals surface area contributed by atoms with Gasteiger partial charge in [0.05, 0.1) is 0 Å². The normalized spacial score (nSPS) is 11.6. The van der Waals surface area contributed by atoms with Crippen LogP contribution in [0.4, 0.5) is 0 Å². The van der Waals surface area contributed by atoms with Crippen molar-refractivity contribution in [2.45, 2.75) is 20.4 Å². The van der Waals surface area contributed by atoms with E-state index in [1.54, 1.807) is 6.20 Å². The molecule has 0 saturated carbocycles. The molecule has 0 fully saturated rings. The molecule has 0 radical (unpaired) electrons. The van der Waals surface area contributed by atoms with E-state index in [0.29, 0.717) is 5.88 Å². The molecule has 1 aromatic rings. The fourth-order valence-electron chi connectivity index (χ4n) is 1.10. The van der Waals surface area contributed by atoms with Crippen LogP contribution in [0.1, 0.15) is 19.4 Å². The zero-order chi connectivity index (χ0) is 10.4. The van der Waals surface area contributed by atoms with Crippen LogP contribution in [-0.2, 0) is 6.54 Å². The van der Waals surface area contributed by atoms with Gasteiger partial charge in [0, 0.05) is 31.4 Å². The molecule has 1 rings (SSSR count). The molecule has 3 heteroatoms. The Hall–Kier alpha value is -0.600. The van der Waals surface area contributed by atoms with Crippen LogP contribution < -0.4 is 5.32 Å². The van der Waals surface area contributed by atoms with Crippen molar-refractivity contribution in [1.82, 2.24) is 10.3 Å². The van der Waals surface area contributed by atoms with Gasteiger partial charge < -0.3 is 5.32 Å². The molecule has 0 aliphatic rings. The Morgan fingerprint density at radius 3 is 2.86 bits per heavy atom. The number of nitrogens with zero attached hydrogens (tertiary/aromatic N) is 1. The summed E-state index contributed by atoms with van der Waals surface area (Å²) in [7, 11) is 0. The van der Waals surface area contributed by atoms with Crippen molar-refractivity contribution in [3.8, 4) is 0 Å². The summed E-state index contributed by atoms with van der Waals surface area (Å²) in [5, 5.41) is 3.37. The zero-order valence-electron chi connectivity index (χ0n) is 8.76. The van der Waals surface area contributed by atoms with Crippen LogP contribution >= 0.6 is 11.6 Å². The lowest BCUT2D eigenvalue weighted by Gasteiger charge is -2.21. The molecular formula is C11H17ClN2. The van der Waals surface area contributed by atoms with Gasteiger partial charge in [-0.05, 0) is 17.0 Å². The molecule has 0 unspecified atom stereocenters. The summed E-state index contributed by atoms with van der Waals surface area (Å²) < 4.78 is 0. The van der Waals surface area contributed by atoms with E-state index in [2.05, 4.69) is 30.2 Å². The third-order valence-electron chi connectivity index (χ3n) is 2.02. The quantitative estimate of drug-likeness (QED) is 0.759. The number of aromatic nitrogens is 1. The molecule has 0 spiro atoms. The summed E-state index contributed by atoms with van der Waals surface area (Å²) in [6.07, 6.45) is 3.66. The zero-order valence-corrected chi connectivity index (χ0v) is 9.51. The molecule has 1 N–H and O–H groups in total. The third-order valence-corrected chi connectivity index (χ3v) is 2.74. The maximum absolute atomic E-state index is 5.82. The van der Waals surface area contributed by atoms with Crippen LogP contribution in [0.3, 0.4) is 0 Å². The van der Waals surface area contributed by atoms with Gasteiger partial charge in [-0.15, -0.1) is 11.6 Å². The maximum atomic E-state index is 5.82. The lowest BCUT2D eigenvalue weighted by molar-refractivity contribution is 0.385. The fraction of sp³-hybridized carbons (Fsp3) is 0.545. The predicted molar refractivity (Wildman–Crippen MR) is 60.4 cm³/mol. The first-order valence-corrected chi connectivity index (χ1v) is 5.33.